The van der Waals surface area contributed by atoms with Gasteiger partial charge in [0, 0.05) is 32.3 Å². The highest BCUT2D eigenvalue weighted by atomic mass is 16.5. The molecule has 0 amide bonds. The number of methoxy groups -OCH3 is 1. The number of rotatable bonds is 7. The van der Waals surface area contributed by atoms with Crippen molar-refractivity contribution in [1.82, 2.24) is 29.3 Å². The summed E-state index contributed by atoms with van der Waals surface area (Å²) < 4.78 is 14.8. The van der Waals surface area contributed by atoms with Gasteiger partial charge in [-0.15, -0.1) is 5.10 Å². The molecule has 33 heavy (non-hydrogen) atoms. The molecule has 3 aromatic heterocycles. The van der Waals surface area contributed by atoms with E-state index in [-0.39, 0.29) is 6.61 Å². The average Bonchev–Trinajstić information content (AvgIpc) is 3.46. The van der Waals surface area contributed by atoms with E-state index in [1.165, 1.54) is 0 Å². The zero-order valence-corrected chi connectivity index (χ0v) is 18.8. The Labute approximate surface area is 191 Å². The lowest BCUT2D eigenvalue weighted by atomic mass is 10.1. The predicted octanol–water partition coefficient (Wildman–Crippen LogP) is 2.08. The first-order chi connectivity index (χ1) is 16.2. The molecule has 10 nitrogen and oxygen atoms in total. The first-order valence-corrected chi connectivity index (χ1v) is 11.1. The monoisotopic (exact) mass is 449 g/mol. The number of morpholine rings is 1. The molecule has 1 fully saturated rings. The number of benzene rings is 1. The van der Waals surface area contributed by atoms with Crippen molar-refractivity contribution in [3.05, 3.63) is 42.4 Å². The summed E-state index contributed by atoms with van der Waals surface area (Å²) in [4.78, 5) is 16.7. The summed E-state index contributed by atoms with van der Waals surface area (Å²) in [5, 5.41) is 14.2. The molecule has 4 aromatic rings. The molecular weight excluding hydrogens is 422 g/mol. The van der Waals surface area contributed by atoms with Gasteiger partial charge in [-0.1, -0.05) is 30.3 Å². The molecule has 1 aliphatic heterocycles. The van der Waals surface area contributed by atoms with Gasteiger partial charge in [-0.25, -0.2) is 9.67 Å². The third kappa shape index (κ3) is 3.91. The molecule has 5 rings (SSSR count). The Hall–Kier alpha value is -3.50. The van der Waals surface area contributed by atoms with Crippen LogP contribution < -0.4 is 9.64 Å². The molecular formula is C23H27N7O3. The molecule has 0 atom stereocenters. The van der Waals surface area contributed by atoms with Gasteiger partial charge in [-0.2, -0.15) is 9.97 Å². The lowest BCUT2D eigenvalue weighted by Crippen LogP contribution is -2.37. The van der Waals surface area contributed by atoms with Crippen molar-refractivity contribution >= 4 is 17.0 Å². The van der Waals surface area contributed by atoms with E-state index in [9.17, 15) is 5.11 Å². The summed E-state index contributed by atoms with van der Waals surface area (Å²) in [7, 11) is 1.61. The molecule has 4 heterocycles. The number of ether oxygens (including phenoxy) is 2. The number of aliphatic hydroxyl groups is 1. The smallest absolute Gasteiger partial charge is 0.254 e. The third-order valence-electron chi connectivity index (χ3n) is 5.77. The molecule has 0 saturated carbocycles. The molecule has 1 aromatic carbocycles. The van der Waals surface area contributed by atoms with Gasteiger partial charge in [0.1, 0.15) is 5.82 Å². The van der Waals surface area contributed by atoms with Gasteiger partial charge in [0.2, 0.25) is 5.88 Å². The minimum Gasteiger partial charge on any atom is -0.479 e. The van der Waals surface area contributed by atoms with E-state index >= 15 is 0 Å². The van der Waals surface area contributed by atoms with Gasteiger partial charge in [0.25, 0.3) is 5.95 Å². The van der Waals surface area contributed by atoms with E-state index in [1.54, 1.807) is 11.8 Å². The Kier molecular flexibility index (Phi) is 5.93. The summed E-state index contributed by atoms with van der Waals surface area (Å²) >= 11 is 0. The van der Waals surface area contributed by atoms with E-state index in [0.29, 0.717) is 38.0 Å². The van der Waals surface area contributed by atoms with Crippen LogP contribution in [0, 0.1) is 0 Å². The maximum absolute atomic E-state index is 9.54. The molecule has 0 aliphatic carbocycles. The molecule has 1 saturated heterocycles. The Morgan fingerprint density at radius 3 is 2.58 bits per heavy atom. The van der Waals surface area contributed by atoms with Crippen LogP contribution in [0.4, 0.5) is 5.82 Å². The fourth-order valence-electron chi connectivity index (χ4n) is 4.17. The van der Waals surface area contributed by atoms with Crippen molar-refractivity contribution in [1.29, 1.82) is 0 Å². The number of imidazole rings is 1. The maximum Gasteiger partial charge on any atom is 0.254 e. The Morgan fingerprint density at radius 1 is 1.09 bits per heavy atom. The number of aliphatic hydroxyl groups excluding tert-OH is 1. The summed E-state index contributed by atoms with van der Waals surface area (Å²) in [6.07, 6.45) is 2.34. The quantitative estimate of drug-likeness (QED) is 0.457. The maximum atomic E-state index is 9.54. The van der Waals surface area contributed by atoms with Gasteiger partial charge in [0.15, 0.2) is 17.0 Å². The summed E-state index contributed by atoms with van der Waals surface area (Å²) in [6, 6.07) is 9.96. The second kappa shape index (κ2) is 9.16. The van der Waals surface area contributed by atoms with Crippen LogP contribution in [0.15, 0.2) is 36.5 Å². The summed E-state index contributed by atoms with van der Waals surface area (Å²) in [6.45, 7) is 5.45. The van der Waals surface area contributed by atoms with Crippen molar-refractivity contribution in [2.75, 3.05) is 44.9 Å². The second-order valence-corrected chi connectivity index (χ2v) is 7.73. The number of fused-ring (bicyclic) bond motifs is 1. The van der Waals surface area contributed by atoms with Crippen LogP contribution in [-0.4, -0.2) is 74.4 Å². The third-order valence-corrected chi connectivity index (χ3v) is 5.77. The van der Waals surface area contributed by atoms with Gasteiger partial charge < -0.3 is 24.0 Å². The SMILES string of the molecule is CCn1c(CCO)nc2c(N3CCOCC3)nc(-n3cc(-c4ccccc4)c(OC)n3)nc21. The van der Waals surface area contributed by atoms with Crippen molar-refractivity contribution in [2.45, 2.75) is 19.9 Å². The fourth-order valence-corrected chi connectivity index (χ4v) is 4.17. The number of aromatic nitrogens is 6. The zero-order valence-electron chi connectivity index (χ0n) is 18.8. The van der Waals surface area contributed by atoms with Crippen LogP contribution >= 0.6 is 0 Å². The number of aryl methyl sites for hydroxylation is 1. The van der Waals surface area contributed by atoms with Gasteiger partial charge in [-0.3, -0.25) is 0 Å². The highest BCUT2D eigenvalue weighted by molar-refractivity contribution is 5.85. The highest BCUT2D eigenvalue weighted by Crippen LogP contribution is 2.31. The topological polar surface area (TPSA) is 103 Å². The lowest BCUT2D eigenvalue weighted by molar-refractivity contribution is 0.122. The van der Waals surface area contributed by atoms with Crippen molar-refractivity contribution in [3.8, 4) is 23.0 Å². The molecule has 0 spiro atoms. The number of nitrogens with zero attached hydrogens (tertiary/aromatic N) is 7. The predicted molar refractivity (Wildman–Crippen MR) is 124 cm³/mol. The normalized spacial score (nSPS) is 14.2. The van der Waals surface area contributed by atoms with Crippen LogP contribution in [0.25, 0.3) is 28.2 Å². The molecule has 10 heteroatoms. The van der Waals surface area contributed by atoms with Crippen molar-refractivity contribution < 1.29 is 14.6 Å². The number of anilines is 1. The van der Waals surface area contributed by atoms with E-state index in [1.807, 2.05) is 48.0 Å². The molecule has 1 aliphatic rings. The van der Waals surface area contributed by atoms with E-state index in [4.69, 9.17) is 24.4 Å². The highest BCUT2D eigenvalue weighted by Gasteiger charge is 2.24. The van der Waals surface area contributed by atoms with Crippen molar-refractivity contribution in [3.63, 3.8) is 0 Å². The standard InChI is InChI=1S/C23H27N7O3/c1-3-29-18(9-12-31)24-19-20(28-10-13-33-14-11-28)25-23(26-21(19)29)30-15-17(22(27-30)32-2)16-7-5-4-6-8-16/h4-8,15,31H,3,9-14H2,1-2H3. The number of hydrogen-bond acceptors (Lipinski definition) is 8. The second-order valence-electron chi connectivity index (χ2n) is 7.73. The van der Waals surface area contributed by atoms with E-state index < -0.39 is 0 Å². The lowest BCUT2D eigenvalue weighted by Gasteiger charge is -2.28. The minimum atomic E-state index is 0.0211. The molecule has 0 unspecified atom stereocenters. The molecule has 0 radical (unpaired) electrons. The van der Waals surface area contributed by atoms with Crippen LogP contribution in [0.3, 0.4) is 0 Å². The van der Waals surface area contributed by atoms with Crippen molar-refractivity contribution in [2.24, 2.45) is 0 Å². The Bertz CT molecular complexity index is 1250. The Morgan fingerprint density at radius 2 is 1.88 bits per heavy atom. The summed E-state index contributed by atoms with van der Waals surface area (Å²) in [5.41, 5.74) is 3.31. The van der Waals surface area contributed by atoms with E-state index in [2.05, 4.69) is 10.00 Å². The van der Waals surface area contributed by atoms with Gasteiger partial charge in [0.05, 0.1) is 32.5 Å². The van der Waals surface area contributed by atoms with Gasteiger partial charge in [-0.05, 0) is 12.5 Å². The van der Waals surface area contributed by atoms with Crippen LogP contribution in [0.1, 0.15) is 12.7 Å². The molecule has 0 bridgehead atoms. The zero-order chi connectivity index (χ0) is 22.8. The first kappa shape index (κ1) is 21.4. The van der Waals surface area contributed by atoms with Crippen LogP contribution in [-0.2, 0) is 17.7 Å². The fraction of sp³-hybridized carbons (Fsp3) is 0.391. The molecule has 172 valence electrons. The molecule has 1 N–H and O–H groups in total. The largest absolute Gasteiger partial charge is 0.479 e. The van der Waals surface area contributed by atoms with Crippen LogP contribution in [0.2, 0.25) is 0 Å². The Balaban J connectivity index is 1.69. The minimum absolute atomic E-state index is 0.0211. The summed E-state index contributed by atoms with van der Waals surface area (Å²) in [5.74, 6) is 2.48. The van der Waals surface area contributed by atoms with Crippen LogP contribution in [0.5, 0.6) is 5.88 Å². The van der Waals surface area contributed by atoms with Gasteiger partial charge >= 0.3 is 0 Å². The van der Waals surface area contributed by atoms with E-state index in [0.717, 1.165) is 47.0 Å². The first-order valence-electron chi connectivity index (χ1n) is 11.1. The average molecular weight is 450 g/mol. The number of hydrogen-bond donors (Lipinski definition) is 1.